The molecule has 2 fully saturated rings. The first-order chi connectivity index (χ1) is 7.04. The molecule has 0 saturated heterocycles. The number of aromatic amines is 1. The molecule has 1 heterocycles. The minimum absolute atomic E-state index is 0.255. The normalized spacial score (nSPS) is 41.5. The van der Waals surface area contributed by atoms with Crippen molar-refractivity contribution in [1.82, 2.24) is 9.97 Å². The second kappa shape index (κ2) is 2.58. The maximum atomic E-state index is 13.1. The first-order valence-corrected chi connectivity index (χ1v) is 5.19. The zero-order valence-corrected chi connectivity index (χ0v) is 8.21. The van der Waals surface area contributed by atoms with E-state index >= 15 is 0 Å². The van der Waals surface area contributed by atoms with Crippen molar-refractivity contribution in [3.63, 3.8) is 0 Å². The average Bonchev–Trinajstić information content (AvgIpc) is 2.66. The zero-order valence-electron chi connectivity index (χ0n) is 8.21. The summed E-state index contributed by atoms with van der Waals surface area (Å²) in [5, 5.41) is 0. The highest BCUT2D eigenvalue weighted by molar-refractivity contribution is 5.28. The predicted molar refractivity (Wildman–Crippen MR) is 50.4 cm³/mol. The fraction of sp³-hybridized carbons (Fsp3) is 0.700. The lowest BCUT2D eigenvalue weighted by atomic mass is 9.97. The molecule has 3 atom stereocenters. The van der Waals surface area contributed by atoms with Gasteiger partial charge in [0.1, 0.15) is 5.82 Å². The van der Waals surface area contributed by atoms with Crippen LogP contribution in [-0.4, -0.2) is 21.4 Å². The van der Waals surface area contributed by atoms with Crippen molar-refractivity contribution in [1.29, 1.82) is 0 Å². The van der Waals surface area contributed by atoms with E-state index in [0.29, 0.717) is 12.8 Å². The number of halogens is 2. The number of hydrogen-bond donors (Lipinski definition) is 2. The summed E-state index contributed by atoms with van der Waals surface area (Å²) >= 11 is 0. The number of nitrogens with zero attached hydrogens (tertiary/aromatic N) is 1. The molecule has 0 amide bonds. The fourth-order valence-corrected chi connectivity index (χ4v) is 2.92. The van der Waals surface area contributed by atoms with E-state index in [-0.39, 0.29) is 5.92 Å². The molecule has 2 saturated carbocycles. The topological polar surface area (TPSA) is 54.7 Å². The molecule has 3 N–H and O–H groups in total. The van der Waals surface area contributed by atoms with E-state index in [9.17, 15) is 8.78 Å². The first-order valence-electron chi connectivity index (χ1n) is 5.19. The van der Waals surface area contributed by atoms with E-state index in [2.05, 4.69) is 9.97 Å². The van der Waals surface area contributed by atoms with Gasteiger partial charge in [0.2, 0.25) is 0 Å². The van der Waals surface area contributed by atoms with Gasteiger partial charge in [-0.2, -0.15) is 0 Å². The Morgan fingerprint density at radius 1 is 1.60 bits per heavy atom. The van der Waals surface area contributed by atoms with Crippen molar-refractivity contribution in [2.75, 3.05) is 0 Å². The number of alkyl halides is 2. The number of aromatic nitrogens is 2. The Kier molecular flexibility index (Phi) is 1.60. The molecule has 3 rings (SSSR count). The lowest BCUT2D eigenvalue weighted by Crippen LogP contribution is -2.31. The highest BCUT2D eigenvalue weighted by atomic mass is 19.3. The third-order valence-corrected chi connectivity index (χ3v) is 3.83. The summed E-state index contributed by atoms with van der Waals surface area (Å²) in [7, 11) is 0. The van der Waals surface area contributed by atoms with Gasteiger partial charge in [0.15, 0.2) is 0 Å². The summed E-state index contributed by atoms with van der Waals surface area (Å²) in [6.45, 7) is 0. The minimum atomic E-state index is -2.62. The Hall–Kier alpha value is -0.970. The Balaban J connectivity index is 1.66. The van der Waals surface area contributed by atoms with Crippen LogP contribution in [0.25, 0.3) is 0 Å². The Morgan fingerprint density at radius 3 is 2.93 bits per heavy atom. The summed E-state index contributed by atoms with van der Waals surface area (Å²) in [6.07, 6.45) is 5.11. The van der Waals surface area contributed by atoms with E-state index in [4.69, 9.17) is 5.73 Å². The van der Waals surface area contributed by atoms with Crippen molar-refractivity contribution in [3.8, 4) is 0 Å². The summed E-state index contributed by atoms with van der Waals surface area (Å²) in [5.41, 5.74) is 4.46. The van der Waals surface area contributed by atoms with Crippen LogP contribution >= 0.6 is 0 Å². The maximum Gasteiger partial charge on any atom is 0.270 e. The second-order valence-electron chi connectivity index (χ2n) is 4.76. The molecule has 0 aromatic carbocycles. The number of hydrogen-bond acceptors (Lipinski definition) is 2. The van der Waals surface area contributed by atoms with Crippen LogP contribution in [0.3, 0.4) is 0 Å². The Morgan fingerprint density at radius 2 is 2.40 bits per heavy atom. The van der Waals surface area contributed by atoms with Crippen LogP contribution in [0.15, 0.2) is 12.4 Å². The van der Waals surface area contributed by atoms with Crippen LogP contribution in [0.1, 0.15) is 18.7 Å². The molecule has 0 radical (unpaired) electrons. The molecule has 15 heavy (non-hydrogen) atoms. The van der Waals surface area contributed by atoms with E-state index < -0.39 is 17.4 Å². The van der Waals surface area contributed by atoms with Crippen molar-refractivity contribution >= 4 is 0 Å². The van der Waals surface area contributed by atoms with Gasteiger partial charge in [-0.1, -0.05) is 0 Å². The quantitative estimate of drug-likeness (QED) is 0.778. The average molecular weight is 213 g/mol. The molecule has 2 aliphatic carbocycles. The van der Waals surface area contributed by atoms with Gasteiger partial charge < -0.3 is 10.7 Å². The van der Waals surface area contributed by atoms with E-state index in [1.54, 1.807) is 12.4 Å². The first kappa shape index (κ1) is 9.27. The van der Waals surface area contributed by atoms with E-state index in [1.165, 1.54) is 0 Å². The monoisotopic (exact) mass is 213 g/mol. The Labute approximate surface area is 86.1 Å². The molecule has 0 bridgehead atoms. The van der Waals surface area contributed by atoms with Crippen LogP contribution in [0.2, 0.25) is 0 Å². The largest absolute Gasteiger partial charge is 0.349 e. The number of fused-ring (bicyclic) bond motifs is 1. The number of rotatable bonds is 2. The summed E-state index contributed by atoms with van der Waals surface area (Å²) < 4.78 is 26.3. The molecule has 5 heteroatoms. The minimum Gasteiger partial charge on any atom is -0.349 e. The molecule has 82 valence electrons. The molecule has 0 spiro atoms. The van der Waals surface area contributed by atoms with Gasteiger partial charge in [-0.25, -0.2) is 13.8 Å². The van der Waals surface area contributed by atoms with Crippen molar-refractivity contribution in [2.24, 2.45) is 17.6 Å². The van der Waals surface area contributed by atoms with Gasteiger partial charge >= 0.3 is 0 Å². The summed E-state index contributed by atoms with van der Waals surface area (Å²) in [5.74, 6) is -2.09. The van der Waals surface area contributed by atoms with Crippen LogP contribution < -0.4 is 5.73 Å². The lowest BCUT2D eigenvalue weighted by molar-refractivity contribution is 0.0562. The molecule has 1 aromatic heterocycles. The fourth-order valence-electron chi connectivity index (χ4n) is 2.92. The van der Waals surface area contributed by atoms with Gasteiger partial charge in [0.05, 0.1) is 5.54 Å². The maximum absolute atomic E-state index is 13.1. The van der Waals surface area contributed by atoms with E-state index in [0.717, 1.165) is 12.2 Å². The van der Waals surface area contributed by atoms with Gasteiger partial charge in [0, 0.05) is 24.7 Å². The number of nitrogens with one attached hydrogen (secondary N) is 1. The predicted octanol–water partition coefficient (Wildman–Crippen LogP) is 1.32. The van der Waals surface area contributed by atoms with Crippen LogP contribution in [0, 0.1) is 11.8 Å². The molecule has 0 aliphatic heterocycles. The van der Waals surface area contributed by atoms with E-state index in [1.807, 2.05) is 0 Å². The lowest BCUT2D eigenvalue weighted by Gasteiger charge is -2.15. The summed E-state index contributed by atoms with van der Waals surface area (Å²) in [6, 6.07) is 0. The Bertz CT molecular complexity index is 376. The molecule has 2 aliphatic rings. The standard InChI is InChI=1S/C10H13F2N3/c11-10(12)7-3-6(5-9(7,10)13)4-8-14-1-2-15-8/h1-2,6-7H,3-5,13H2,(H,14,15). The second-order valence-corrected chi connectivity index (χ2v) is 4.76. The third kappa shape index (κ3) is 1.10. The molecular weight excluding hydrogens is 200 g/mol. The van der Waals surface area contributed by atoms with Crippen LogP contribution in [0.4, 0.5) is 8.78 Å². The van der Waals surface area contributed by atoms with Gasteiger partial charge in [-0.15, -0.1) is 0 Å². The van der Waals surface area contributed by atoms with Crippen LogP contribution in [0.5, 0.6) is 0 Å². The molecular formula is C10H13F2N3. The van der Waals surface area contributed by atoms with Gasteiger partial charge in [0.25, 0.3) is 5.92 Å². The molecule has 3 nitrogen and oxygen atoms in total. The van der Waals surface area contributed by atoms with Crippen LogP contribution in [-0.2, 0) is 6.42 Å². The zero-order chi connectivity index (χ0) is 10.7. The molecule has 1 aromatic rings. The third-order valence-electron chi connectivity index (χ3n) is 3.83. The van der Waals surface area contributed by atoms with Crippen molar-refractivity contribution < 1.29 is 8.78 Å². The smallest absolute Gasteiger partial charge is 0.270 e. The van der Waals surface area contributed by atoms with Gasteiger partial charge in [-0.3, -0.25) is 0 Å². The number of imidazole rings is 1. The summed E-state index contributed by atoms with van der Waals surface area (Å²) in [4.78, 5) is 7.08. The SMILES string of the molecule is NC12CC(Cc3ncc[nH]3)CC1C2(F)F. The highest BCUT2D eigenvalue weighted by Crippen LogP contribution is 2.67. The van der Waals surface area contributed by atoms with Crippen molar-refractivity contribution in [2.45, 2.75) is 30.7 Å². The van der Waals surface area contributed by atoms with Crippen molar-refractivity contribution in [3.05, 3.63) is 18.2 Å². The number of nitrogens with two attached hydrogens (primary N) is 1. The number of H-pyrrole nitrogens is 1. The molecule has 3 unspecified atom stereocenters. The highest BCUT2D eigenvalue weighted by Gasteiger charge is 2.81. The van der Waals surface area contributed by atoms with Gasteiger partial charge in [-0.05, 0) is 18.8 Å².